The first-order valence-corrected chi connectivity index (χ1v) is 7.93. The second-order valence-electron chi connectivity index (χ2n) is 5.15. The molecular formula is C14H24N4S. The zero-order chi connectivity index (χ0) is 13.7. The van der Waals surface area contributed by atoms with Gasteiger partial charge in [0.05, 0.1) is 5.01 Å². The van der Waals surface area contributed by atoms with Gasteiger partial charge in [0.15, 0.2) is 5.96 Å². The molecule has 1 aromatic heterocycles. The number of guanidine groups is 1. The summed E-state index contributed by atoms with van der Waals surface area (Å²) < 4.78 is 0. The van der Waals surface area contributed by atoms with Crippen LogP contribution in [0.1, 0.15) is 36.1 Å². The van der Waals surface area contributed by atoms with Crippen molar-refractivity contribution in [2.45, 2.75) is 45.6 Å². The maximum Gasteiger partial charge on any atom is 0.191 e. The van der Waals surface area contributed by atoms with Gasteiger partial charge in [-0.1, -0.05) is 13.3 Å². The average Bonchev–Trinajstić information content (AvgIpc) is 2.99. The Morgan fingerprint density at radius 1 is 1.58 bits per heavy atom. The lowest BCUT2D eigenvalue weighted by molar-refractivity contribution is 0.655. The van der Waals surface area contributed by atoms with Crippen LogP contribution in [0, 0.1) is 12.8 Å². The van der Waals surface area contributed by atoms with Crippen molar-refractivity contribution in [1.29, 1.82) is 0 Å². The van der Waals surface area contributed by atoms with Gasteiger partial charge in [-0.05, 0) is 25.7 Å². The van der Waals surface area contributed by atoms with Crippen molar-refractivity contribution in [3.63, 3.8) is 0 Å². The second kappa shape index (κ2) is 6.89. The third kappa shape index (κ3) is 4.49. The van der Waals surface area contributed by atoms with Gasteiger partial charge in [0, 0.05) is 37.1 Å². The molecule has 5 heteroatoms. The second-order valence-corrected chi connectivity index (χ2v) is 6.47. The molecule has 2 atom stereocenters. The van der Waals surface area contributed by atoms with Crippen LogP contribution in [0.15, 0.2) is 11.2 Å². The Kier molecular flexibility index (Phi) is 5.19. The number of aromatic nitrogens is 1. The summed E-state index contributed by atoms with van der Waals surface area (Å²) >= 11 is 1.77. The molecular weight excluding hydrogens is 256 g/mol. The van der Waals surface area contributed by atoms with Gasteiger partial charge in [-0.15, -0.1) is 11.3 Å². The first-order valence-electron chi connectivity index (χ1n) is 7.11. The summed E-state index contributed by atoms with van der Waals surface area (Å²) in [5.41, 5.74) is 0. The van der Waals surface area contributed by atoms with Gasteiger partial charge in [0.25, 0.3) is 0 Å². The van der Waals surface area contributed by atoms with Gasteiger partial charge >= 0.3 is 0 Å². The van der Waals surface area contributed by atoms with Gasteiger partial charge in [0.2, 0.25) is 0 Å². The third-order valence-corrected chi connectivity index (χ3v) is 4.40. The van der Waals surface area contributed by atoms with Crippen molar-refractivity contribution in [3.05, 3.63) is 16.1 Å². The van der Waals surface area contributed by atoms with Crippen molar-refractivity contribution in [3.8, 4) is 0 Å². The summed E-state index contributed by atoms with van der Waals surface area (Å²) in [7, 11) is 1.83. The number of aryl methyl sites for hydroxylation is 1. The highest BCUT2D eigenvalue weighted by Crippen LogP contribution is 2.34. The van der Waals surface area contributed by atoms with Crippen molar-refractivity contribution in [2.75, 3.05) is 13.6 Å². The third-order valence-electron chi connectivity index (χ3n) is 3.43. The van der Waals surface area contributed by atoms with Crippen LogP contribution < -0.4 is 10.6 Å². The molecule has 19 heavy (non-hydrogen) atoms. The Hall–Kier alpha value is -1.10. The molecule has 2 rings (SSSR count). The zero-order valence-corrected chi connectivity index (χ0v) is 12.9. The topological polar surface area (TPSA) is 49.3 Å². The summed E-state index contributed by atoms with van der Waals surface area (Å²) in [4.78, 5) is 9.92. The van der Waals surface area contributed by atoms with Crippen molar-refractivity contribution in [2.24, 2.45) is 10.9 Å². The monoisotopic (exact) mass is 280 g/mol. The lowest BCUT2D eigenvalue weighted by atomic mass is 10.2. The zero-order valence-electron chi connectivity index (χ0n) is 12.1. The van der Waals surface area contributed by atoms with E-state index in [4.69, 9.17) is 0 Å². The molecule has 1 aliphatic carbocycles. The van der Waals surface area contributed by atoms with E-state index < -0.39 is 0 Å². The maximum atomic E-state index is 4.37. The van der Waals surface area contributed by atoms with Crippen LogP contribution in [-0.2, 0) is 6.42 Å². The first kappa shape index (κ1) is 14.3. The number of aliphatic imine (C=N–C) groups is 1. The molecule has 1 aromatic rings. The number of nitrogens with zero attached hydrogens (tertiary/aromatic N) is 2. The Labute approximate surface area is 119 Å². The Morgan fingerprint density at radius 2 is 2.42 bits per heavy atom. The molecule has 0 bridgehead atoms. The predicted octanol–water partition coefficient (Wildman–Crippen LogP) is 2.35. The summed E-state index contributed by atoms with van der Waals surface area (Å²) in [5, 5.41) is 8.05. The molecule has 2 unspecified atom stereocenters. The molecule has 1 aliphatic rings. The summed E-state index contributed by atoms with van der Waals surface area (Å²) in [5.74, 6) is 1.78. The number of thiazole rings is 1. The quantitative estimate of drug-likeness (QED) is 0.621. The molecule has 106 valence electrons. The van der Waals surface area contributed by atoms with Gasteiger partial charge in [-0.25, -0.2) is 4.98 Å². The van der Waals surface area contributed by atoms with Crippen LogP contribution in [0.25, 0.3) is 0 Å². The lowest BCUT2D eigenvalue weighted by Gasteiger charge is -2.11. The minimum Gasteiger partial charge on any atom is -0.356 e. The van der Waals surface area contributed by atoms with E-state index in [0.29, 0.717) is 6.04 Å². The Balaban J connectivity index is 1.66. The largest absolute Gasteiger partial charge is 0.356 e. The van der Waals surface area contributed by atoms with Crippen molar-refractivity contribution >= 4 is 17.3 Å². The van der Waals surface area contributed by atoms with E-state index in [2.05, 4.69) is 34.5 Å². The summed E-state index contributed by atoms with van der Waals surface area (Å²) in [6, 6.07) is 0.633. The van der Waals surface area contributed by atoms with E-state index >= 15 is 0 Å². The molecule has 2 N–H and O–H groups in total. The van der Waals surface area contributed by atoms with E-state index in [1.54, 1.807) is 11.3 Å². The summed E-state index contributed by atoms with van der Waals surface area (Å²) in [6.45, 7) is 5.23. The lowest BCUT2D eigenvalue weighted by Crippen LogP contribution is -2.40. The highest BCUT2D eigenvalue weighted by molar-refractivity contribution is 7.11. The smallest absolute Gasteiger partial charge is 0.191 e. The predicted molar refractivity (Wildman–Crippen MR) is 81.9 cm³/mol. The van der Waals surface area contributed by atoms with E-state index in [9.17, 15) is 0 Å². The normalized spacial score (nSPS) is 22.4. The molecule has 1 saturated carbocycles. The molecule has 0 spiro atoms. The van der Waals surface area contributed by atoms with Gasteiger partial charge in [-0.3, -0.25) is 4.99 Å². The highest BCUT2D eigenvalue weighted by atomic mass is 32.1. The molecule has 0 amide bonds. The molecule has 0 saturated heterocycles. The van der Waals surface area contributed by atoms with Crippen LogP contribution in [-0.4, -0.2) is 30.6 Å². The van der Waals surface area contributed by atoms with Crippen LogP contribution in [0.4, 0.5) is 0 Å². The van der Waals surface area contributed by atoms with Gasteiger partial charge in [-0.2, -0.15) is 0 Å². The molecule has 0 aliphatic heterocycles. The van der Waals surface area contributed by atoms with E-state index in [0.717, 1.165) is 24.8 Å². The van der Waals surface area contributed by atoms with Crippen LogP contribution in [0.2, 0.25) is 0 Å². The number of hydrogen-bond donors (Lipinski definition) is 2. The van der Waals surface area contributed by atoms with Crippen molar-refractivity contribution in [1.82, 2.24) is 15.6 Å². The fraction of sp³-hybridized carbons (Fsp3) is 0.714. The van der Waals surface area contributed by atoms with Crippen LogP contribution >= 0.6 is 11.3 Å². The molecule has 1 fully saturated rings. The highest BCUT2D eigenvalue weighted by Gasteiger charge is 2.36. The Bertz CT molecular complexity index is 427. The fourth-order valence-corrected chi connectivity index (χ4v) is 3.08. The van der Waals surface area contributed by atoms with Crippen LogP contribution in [0.5, 0.6) is 0 Å². The molecule has 4 nitrogen and oxygen atoms in total. The standard InChI is InChI=1S/C14H24N4S/c1-4-5-11-8-12(11)18-14(15-3)16-7-6-13-17-9-10(2)19-13/h9,11-12H,4-8H2,1-3H3,(H2,15,16,18). The van der Waals surface area contributed by atoms with Crippen LogP contribution in [0.3, 0.4) is 0 Å². The molecule has 0 aromatic carbocycles. The number of rotatable bonds is 6. The maximum absolute atomic E-state index is 4.37. The first-order chi connectivity index (χ1) is 9.22. The number of hydrogen-bond acceptors (Lipinski definition) is 3. The van der Waals surface area contributed by atoms with E-state index in [1.807, 2.05) is 13.2 Å². The summed E-state index contributed by atoms with van der Waals surface area (Å²) in [6.07, 6.45) is 6.79. The minimum atomic E-state index is 0.633. The number of nitrogens with one attached hydrogen (secondary N) is 2. The minimum absolute atomic E-state index is 0.633. The van der Waals surface area contributed by atoms with E-state index in [-0.39, 0.29) is 0 Å². The fourth-order valence-electron chi connectivity index (χ4n) is 2.29. The molecule has 1 heterocycles. The Morgan fingerprint density at radius 3 is 3.05 bits per heavy atom. The molecule has 0 radical (unpaired) electrons. The van der Waals surface area contributed by atoms with E-state index in [1.165, 1.54) is 29.1 Å². The van der Waals surface area contributed by atoms with Gasteiger partial charge in [0.1, 0.15) is 0 Å². The average molecular weight is 280 g/mol. The van der Waals surface area contributed by atoms with Gasteiger partial charge < -0.3 is 10.6 Å². The van der Waals surface area contributed by atoms with Crippen molar-refractivity contribution < 1.29 is 0 Å². The SMILES string of the molecule is CCCC1CC1NC(=NC)NCCc1ncc(C)s1.